The summed E-state index contributed by atoms with van der Waals surface area (Å²) in [7, 11) is 0. The van der Waals surface area contributed by atoms with Crippen LogP contribution in [0.4, 0.5) is 5.69 Å². The molecule has 1 amide bonds. The highest BCUT2D eigenvalue weighted by atomic mass is 32.1. The molecule has 6 nitrogen and oxygen atoms in total. The number of carbonyl (C=O) groups is 1. The topological polar surface area (TPSA) is 83.7 Å². The van der Waals surface area contributed by atoms with Gasteiger partial charge in [0.1, 0.15) is 23.9 Å². The van der Waals surface area contributed by atoms with Gasteiger partial charge in [0.15, 0.2) is 11.7 Å². The summed E-state index contributed by atoms with van der Waals surface area (Å²) in [5, 5.41) is 14.8. The van der Waals surface area contributed by atoms with E-state index in [1.807, 2.05) is 55.5 Å². The van der Waals surface area contributed by atoms with Crippen LogP contribution in [0, 0.1) is 6.92 Å². The number of aliphatic hydroxyl groups excluding tert-OH is 1. The van der Waals surface area contributed by atoms with Gasteiger partial charge in [-0.15, -0.1) is 0 Å². The Labute approximate surface area is 168 Å². The number of nitrogens with one attached hydrogen (secondary N) is 2. The predicted octanol–water partition coefficient (Wildman–Crippen LogP) is 3.64. The number of aliphatic hydroxyl groups is 1. The standard InChI is InChI=1S/C21H20N2O4S/c1-14-4-2-3-5-18(14)26-13-20(25)23-21(28)22-16-8-6-15(7-9-16)19-11-10-17(12-24)27-19/h2-11,24H,12-13H2,1H3,(H2,22,23,25,28). The zero-order valence-electron chi connectivity index (χ0n) is 15.3. The number of hydrogen-bond acceptors (Lipinski definition) is 5. The largest absolute Gasteiger partial charge is 0.483 e. The average Bonchev–Trinajstić information content (AvgIpc) is 3.17. The van der Waals surface area contributed by atoms with Crippen LogP contribution in [0.5, 0.6) is 5.75 Å². The fourth-order valence-corrected chi connectivity index (χ4v) is 2.75. The third-order valence-electron chi connectivity index (χ3n) is 3.95. The van der Waals surface area contributed by atoms with Crippen LogP contribution in [0.2, 0.25) is 0 Å². The van der Waals surface area contributed by atoms with Crippen molar-refractivity contribution in [2.75, 3.05) is 11.9 Å². The first kappa shape index (κ1) is 19.6. The van der Waals surface area contributed by atoms with Gasteiger partial charge in [-0.25, -0.2) is 0 Å². The van der Waals surface area contributed by atoms with Crippen molar-refractivity contribution in [3.8, 4) is 17.1 Å². The monoisotopic (exact) mass is 396 g/mol. The van der Waals surface area contributed by atoms with Gasteiger partial charge in [0.2, 0.25) is 0 Å². The summed E-state index contributed by atoms with van der Waals surface area (Å²) in [5.74, 6) is 1.49. The van der Waals surface area contributed by atoms with Crippen LogP contribution >= 0.6 is 12.2 Å². The second-order valence-corrected chi connectivity index (χ2v) is 6.47. The smallest absolute Gasteiger partial charge is 0.264 e. The minimum absolute atomic E-state index is 0.128. The third kappa shape index (κ3) is 5.18. The Kier molecular flexibility index (Phi) is 6.41. The summed E-state index contributed by atoms with van der Waals surface area (Å²) < 4.78 is 11.0. The Hall–Kier alpha value is -3.16. The second kappa shape index (κ2) is 9.16. The van der Waals surface area contributed by atoms with E-state index in [1.165, 1.54) is 0 Å². The van der Waals surface area contributed by atoms with E-state index in [-0.39, 0.29) is 24.2 Å². The van der Waals surface area contributed by atoms with Gasteiger partial charge in [-0.3, -0.25) is 10.1 Å². The number of anilines is 1. The molecule has 0 aliphatic rings. The Bertz CT molecular complexity index is 967. The maximum atomic E-state index is 12.0. The molecule has 0 saturated heterocycles. The van der Waals surface area contributed by atoms with Crippen molar-refractivity contribution in [2.24, 2.45) is 0 Å². The van der Waals surface area contributed by atoms with Crippen molar-refractivity contribution in [2.45, 2.75) is 13.5 Å². The first-order valence-corrected chi connectivity index (χ1v) is 9.05. The van der Waals surface area contributed by atoms with E-state index in [1.54, 1.807) is 12.1 Å². The SMILES string of the molecule is Cc1ccccc1OCC(=O)NC(=S)Nc1ccc(-c2ccc(CO)o2)cc1. The molecule has 3 rings (SSSR count). The van der Waals surface area contributed by atoms with Gasteiger partial charge in [0.05, 0.1) is 0 Å². The number of amides is 1. The number of hydrogen-bond donors (Lipinski definition) is 3. The molecule has 0 radical (unpaired) electrons. The molecule has 0 atom stereocenters. The molecular formula is C21H20N2O4S. The van der Waals surface area contributed by atoms with Crippen molar-refractivity contribution in [1.29, 1.82) is 0 Å². The Morgan fingerprint density at radius 1 is 1.11 bits per heavy atom. The molecule has 3 aromatic rings. The normalized spacial score (nSPS) is 10.4. The van der Waals surface area contributed by atoms with Crippen molar-refractivity contribution in [1.82, 2.24) is 5.32 Å². The van der Waals surface area contributed by atoms with Gasteiger partial charge in [0.25, 0.3) is 5.91 Å². The molecule has 1 heterocycles. The van der Waals surface area contributed by atoms with Crippen LogP contribution < -0.4 is 15.4 Å². The van der Waals surface area contributed by atoms with Crippen LogP contribution in [-0.2, 0) is 11.4 Å². The first-order valence-electron chi connectivity index (χ1n) is 8.64. The quantitative estimate of drug-likeness (QED) is 0.552. The Balaban J connectivity index is 1.50. The van der Waals surface area contributed by atoms with Gasteiger partial charge in [-0.1, -0.05) is 18.2 Å². The summed E-state index contributed by atoms with van der Waals surface area (Å²) in [6, 6.07) is 18.4. The van der Waals surface area contributed by atoms with Crippen LogP contribution in [0.15, 0.2) is 65.1 Å². The van der Waals surface area contributed by atoms with E-state index in [0.29, 0.717) is 17.3 Å². The van der Waals surface area contributed by atoms with Crippen molar-refractivity contribution >= 4 is 28.9 Å². The average molecular weight is 396 g/mol. The van der Waals surface area contributed by atoms with Gasteiger partial charge < -0.3 is 19.6 Å². The van der Waals surface area contributed by atoms with Gasteiger partial charge in [0, 0.05) is 11.3 Å². The van der Waals surface area contributed by atoms with E-state index in [2.05, 4.69) is 10.6 Å². The predicted molar refractivity (Wildman–Crippen MR) is 111 cm³/mol. The molecule has 28 heavy (non-hydrogen) atoms. The number of carbonyl (C=O) groups excluding carboxylic acids is 1. The lowest BCUT2D eigenvalue weighted by Crippen LogP contribution is -2.37. The molecule has 144 valence electrons. The van der Waals surface area contributed by atoms with Crippen LogP contribution in [0.3, 0.4) is 0 Å². The fourth-order valence-electron chi connectivity index (χ4n) is 2.52. The minimum atomic E-state index is -0.343. The van der Waals surface area contributed by atoms with Crippen LogP contribution in [0.1, 0.15) is 11.3 Å². The number of thiocarbonyl (C=S) groups is 1. The molecule has 3 N–H and O–H groups in total. The highest BCUT2D eigenvalue weighted by Gasteiger charge is 2.08. The molecule has 0 bridgehead atoms. The Morgan fingerprint density at radius 2 is 1.86 bits per heavy atom. The molecular weight excluding hydrogens is 376 g/mol. The highest BCUT2D eigenvalue weighted by Crippen LogP contribution is 2.23. The number of rotatable bonds is 6. The number of ether oxygens (including phenoxy) is 1. The molecule has 7 heteroatoms. The lowest BCUT2D eigenvalue weighted by atomic mass is 10.1. The summed E-state index contributed by atoms with van der Waals surface area (Å²) in [6.45, 7) is 1.65. The Morgan fingerprint density at radius 3 is 2.54 bits per heavy atom. The molecule has 1 aromatic heterocycles. The van der Waals surface area contributed by atoms with Crippen molar-refractivity contribution < 1.29 is 19.1 Å². The van der Waals surface area contributed by atoms with Gasteiger partial charge >= 0.3 is 0 Å². The molecule has 0 aliphatic carbocycles. The molecule has 0 aliphatic heterocycles. The lowest BCUT2D eigenvalue weighted by Gasteiger charge is -2.11. The summed E-state index contributed by atoms with van der Waals surface area (Å²) in [4.78, 5) is 12.0. The molecule has 0 saturated carbocycles. The van der Waals surface area contributed by atoms with E-state index >= 15 is 0 Å². The van der Waals surface area contributed by atoms with Gasteiger partial charge in [-0.2, -0.15) is 0 Å². The number of para-hydroxylation sites is 1. The first-order chi connectivity index (χ1) is 13.5. The van der Waals surface area contributed by atoms with Crippen LogP contribution in [0.25, 0.3) is 11.3 Å². The molecule has 0 unspecified atom stereocenters. The highest BCUT2D eigenvalue weighted by molar-refractivity contribution is 7.80. The zero-order chi connectivity index (χ0) is 19.9. The maximum absolute atomic E-state index is 12.0. The van der Waals surface area contributed by atoms with E-state index in [9.17, 15) is 4.79 Å². The second-order valence-electron chi connectivity index (χ2n) is 6.06. The number of furan rings is 1. The molecule has 0 fully saturated rings. The molecule has 2 aromatic carbocycles. The summed E-state index contributed by atoms with van der Waals surface area (Å²) >= 11 is 5.17. The van der Waals surface area contributed by atoms with Crippen molar-refractivity contribution in [3.63, 3.8) is 0 Å². The van der Waals surface area contributed by atoms with E-state index in [0.717, 1.165) is 16.8 Å². The lowest BCUT2D eigenvalue weighted by molar-refractivity contribution is -0.121. The van der Waals surface area contributed by atoms with Crippen LogP contribution in [-0.4, -0.2) is 22.7 Å². The fraction of sp³-hybridized carbons (Fsp3) is 0.143. The van der Waals surface area contributed by atoms with Gasteiger partial charge in [-0.05, 0) is 67.2 Å². The summed E-state index contributed by atoms with van der Waals surface area (Å²) in [6.07, 6.45) is 0. The van der Waals surface area contributed by atoms with E-state index in [4.69, 9.17) is 26.5 Å². The molecule has 0 spiro atoms. The third-order valence-corrected chi connectivity index (χ3v) is 4.15. The number of aryl methyl sites for hydroxylation is 1. The van der Waals surface area contributed by atoms with Crippen molar-refractivity contribution in [3.05, 3.63) is 72.0 Å². The zero-order valence-corrected chi connectivity index (χ0v) is 16.1. The summed E-state index contributed by atoms with van der Waals surface area (Å²) in [5.41, 5.74) is 2.55. The maximum Gasteiger partial charge on any atom is 0.264 e. The van der Waals surface area contributed by atoms with E-state index < -0.39 is 0 Å². The minimum Gasteiger partial charge on any atom is -0.483 e. The number of benzene rings is 2.